The van der Waals surface area contributed by atoms with Gasteiger partial charge in [-0.05, 0) is 58.4 Å². The van der Waals surface area contributed by atoms with E-state index in [0.717, 1.165) is 16.8 Å². The average molecular weight is 312 g/mol. The molecular formula is C15H22BrNO. The summed E-state index contributed by atoms with van der Waals surface area (Å²) in [6.45, 7) is 5.55. The topological polar surface area (TPSA) is 21.3 Å². The fraction of sp³-hybridized carbons (Fsp3) is 0.600. The summed E-state index contributed by atoms with van der Waals surface area (Å²) in [5, 5.41) is 3.60. The quantitative estimate of drug-likeness (QED) is 0.893. The van der Waals surface area contributed by atoms with E-state index < -0.39 is 0 Å². The van der Waals surface area contributed by atoms with Crippen LogP contribution in [0.25, 0.3) is 0 Å². The molecule has 2 rings (SSSR count). The highest BCUT2D eigenvalue weighted by Gasteiger charge is 2.19. The van der Waals surface area contributed by atoms with Gasteiger partial charge in [-0.2, -0.15) is 0 Å². The number of piperidine rings is 1. The third-order valence-corrected chi connectivity index (χ3v) is 4.22. The van der Waals surface area contributed by atoms with Crippen molar-refractivity contribution in [1.82, 2.24) is 5.32 Å². The van der Waals surface area contributed by atoms with Crippen molar-refractivity contribution in [1.29, 1.82) is 0 Å². The predicted molar refractivity (Wildman–Crippen MR) is 79.4 cm³/mol. The molecule has 1 unspecified atom stereocenters. The molecule has 0 aliphatic carbocycles. The van der Waals surface area contributed by atoms with E-state index in [1.165, 1.54) is 30.4 Å². The van der Waals surface area contributed by atoms with E-state index >= 15 is 0 Å². The molecule has 1 aromatic carbocycles. The summed E-state index contributed by atoms with van der Waals surface area (Å²) in [6.07, 6.45) is 3.85. The van der Waals surface area contributed by atoms with Crippen molar-refractivity contribution < 1.29 is 4.74 Å². The maximum atomic E-state index is 5.51. The lowest BCUT2D eigenvalue weighted by atomic mass is 9.93. The summed E-state index contributed by atoms with van der Waals surface area (Å²) in [6, 6.07) is 5.00. The summed E-state index contributed by atoms with van der Waals surface area (Å²) in [7, 11) is 1.74. The summed E-state index contributed by atoms with van der Waals surface area (Å²) >= 11 is 3.64. The van der Waals surface area contributed by atoms with Crippen LogP contribution in [0.4, 0.5) is 0 Å². The molecule has 3 heteroatoms. The molecule has 1 aromatic rings. The largest absolute Gasteiger partial charge is 0.495 e. The van der Waals surface area contributed by atoms with E-state index in [0.29, 0.717) is 12.0 Å². The van der Waals surface area contributed by atoms with Gasteiger partial charge in [0, 0.05) is 6.04 Å². The van der Waals surface area contributed by atoms with Crippen LogP contribution in [0.2, 0.25) is 0 Å². The number of benzene rings is 1. The fourth-order valence-electron chi connectivity index (χ4n) is 2.62. The molecule has 1 heterocycles. The maximum Gasteiger partial charge on any atom is 0.136 e. The molecule has 100 valence electrons. The van der Waals surface area contributed by atoms with Crippen molar-refractivity contribution in [3.63, 3.8) is 0 Å². The maximum absolute atomic E-state index is 5.51. The Kier molecular flexibility index (Phi) is 4.68. The van der Waals surface area contributed by atoms with Gasteiger partial charge in [0.2, 0.25) is 0 Å². The number of rotatable bonds is 3. The molecule has 0 saturated carbocycles. The van der Waals surface area contributed by atoms with Gasteiger partial charge in [0.05, 0.1) is 11.6 Å². The number of ether oxygens (including phenoxy) is 1. The van der Waals surface area contributed by atoms with Crippen LogP contribution in [0.1, 0.15) is 56.2 Å². The Morgan fingerprint density at radius 3 is 2.67 bits per heavy atom. The van der Waals surface area contributed by atoms with E-state index in [9.17, 15) is 0 Å². The van der Waals surface area contributed by atoms with Crippen LogP contribution >= 0.6 is 15.9 Å². The highest BCUT2D eigenvalue weighted by Crippen LogP contribution is 2.37. The van der Waals surface area contributed by atoms with Crippen molar-refractivity contribution in [3.05, 3.63) is 27.7 Å². The van der Waals surface area contributed by atoms with Gasteiger partial charge < -0.3 is 10.1 Å². The molecule has 18 heavy (non-hydrogen) atoms. The minimum atomic E-state index is 0.472. The number of methoxy groups -OCH3 is 1. The minimum Gasteiger partial charge on any atom is -0.495 e. The van der Waals surface area contributed by atoms with E-state index in [2.05, 4.69) is 47.2 Å². The fourth-order valence-corrected chi connectivity index (χ4v) is 3.27. The Bertz CT molecular complexity index is 411. The molecule has 0 bridgehead atoms. The zero-order valence-electron chi connectivity index (χ0n) is 11.4. The van der Waals surface area contributed by atoms with Gasteiger partial charge in [-0.1, -0.05) is 26.3 Å². The first-order chi connectivity index (χ1) is 8.63. The molecular weight excluding hydrogens is 290 g/mol. The lowest BCUT2D eigenvalue weighted by Crippen LogP contribution is -2.26. The third-order valence-electron chi connectivity index (χ3n) is 3.63. The molecule has 1 aliphatic heterocycles. The molecule has 2 nitrogen and oxygen atoms in total. The van der Waals surface area contributed by atoms with Crippen LogP contribution in [0.15, 0.2) is 16.6 Å². The zero-order valence-corrected chi connectivity index (χ0v) is 13.0. The van der Waals surface area contributed by atoms with E-state index in [1.54, 1.807) is 7.11 Å². The molecule has 1 aliphatic rings. The molecule has 0 spiro atoms. The van der Waals surface area contributed by atoms with Gasteiger partial charge in [0.15, 0.2) is 0 Å². The minimum absolute atomic E-state index is 0.472. The zero-order chi connectivity index (χ0) is 13.1. The first-order valence-electron chi connectivity index (χ1n) is 6.74. The Labute approximate surface area is 118 Å². The summed E-state index contributed by atoms with van der Waals surface area (Å²) < 4.78 is 6.58. The summed E-state index contributed by atoms with van der Waals surface area (Å²) in [5.74, 6) is 1.45. The first-order valence-corrected chi connectivity index (χ1v) is 7.53. The number of hydrogen-bond donors (Lipinski definition) is 1. The van der Waals surface area contributed by atoms with Crippen molar-refractivity contribution >= 4 is 15.9 Å². The van der Waals surface area contributed by atoms with Gasteiger partial charge in [0.1, 0.15) is 5.75 Å². The average Bonchev–Trinajstić information content (AvgIpc) is 2.38. The second-order valence-corrected chi connectivity index (χ2v) is 6.14. The number of nitrogens with one attached hydrogen (secondary N) is 1. The van der Waals surface area contributed by atoms with E-state index in [1.807, 2.05) is 0 Å². The third kappa shape index (κ3) is 2.89. The monoisotopic (exact) mass is 311 g/mol. The van der Waals surface area contributed by atoms with Crippen molar-refractivity contribution in [2.45, 2.75) is 45.1 Å². The summed E-state index contributed by atoms with van der Waals surface area (Å²) in [5.41, 5.74) is 2.67. The SMILES string of the molecule is COc1c(Br)cc(C2CCCCN2)cc1C(C)C. The lowest BCUT2D eigenvalue weighted by molar-refractivity contribution is 0.398. The van der Waals surface area contributed by atoms with Crippen LogP contribution in [0.5, 0.6) is 5.75 Å². The van der Waals surface area contributed by atoms with E-state index in [-0.39, 0.29) is 0 Å². The molecule has 1 N–H and O–H groups in total. The Morgan fingerprint density at radius 2 is 2.11 bits per heavy atom. The molecule has 1 fully saturated rings. The van der Waals surface area contributed by atoms with Crippen molar-refractivity contribution in [2.24, 2.45) is 0 Å². The van der Waals surface area contributed by atoms with Crippen LogP contribution in [0.3, 0.4) is 0 Å². The van der Waals surface area contributed by atoms with Gasteiger partial charge in [-0.15, -0.1) is 0 Å². The van der Waals surface area contributed by atoms with Crippen LogP contribution in [0, 0.1) is 0 Å². The van der Waals surface area contributed by atoms with Crippen LogP contribution in [-0.4, -0.2) is 13.7 Å². The highest BCUT2D eigenvalue weighted by atomic mass is 79.9. The lowest BCUT2D eigenvalue weighted by Gasteiger charge is -2.26. The Morgan fingerprint density at radius 1 is 1.33 bits per heavy atom. The Hall–Kier alpha value is -0.540. The normalized spacial score (nSPS) is 20.2. The second kappa shape index (κ2) is 6.07. The van der Waals surface area contributed by atoms with E-state index in [4.69, 9.17) is 4.74 Å². The summed E-state index contributed by atoms with van der Waals surface area (Å²) in [4.78, 5) is 0. The predicted octanol–water partition coefficient (Wildman–Crippen LogP) is 4.40. The van der Waals surface area contributed by atoms with Gasteiger partial charge in [-0.3, -0.25) is 0 Å². The second-order valence-electron chi connectivity index (χ2n) is 5.28. The Balaban J connectivity index is 2.37. The smallest absolute Gasteiger partial charge is 0.136 e. The molecule has 0 aromatic heterocycles. The van der Waals surface area contributed by atoms with Crippen molar-refractivity contribution in [2.75, 3.05) is 13.7 Å². The van der Waals surface area contributed by atoms with Crippen LogP contribution in [-0.2, 0) is 0 Å². The molecule has 0 amide bonds. The highest BCUT2D eigenvalue weighted by molar-refractivity contribution is 9.10. The molecule has 1 atom stereocenters. The molecule has 0 radical (unpaired) electrons. The first kappa shape index (κ1) is 13.9. The standard InChI is InChI=1S/C15H22BrNO/c1-10(2)12-8-11(9-13(16)15(12)18-3)14-6-4-5-7-17-14/h8-10,14,17H,4-7H2,1-3H3. The van der Waals surface area contributed by atoms with Crippen LogP contribution < -0.4 is 10.1 Å². The van der Waals surface area contributed by atoms with Gasteiger partial charge >= 0.3 is 0 Å². The van der Waals surface area contributed by atoms with Gasteiger partial charge in [0.25, 0.3) is 0 Å². The van der Waals surface area contributed by atoms with Gasteiger partial charge in [-0.25, -0.2) is 0 Å². The number of hydrogen-bond acceptors (Lipinski definition) is 2. The molecule has 1 saturated heterocycles. The number of halogens is 1. The van der Waals surface area contributed by atoms with Crippen molar-refractivity contribution in [3.8, 4) is 5.75 Å².